The standard InChI is InChI=1S/C18H11BrClN3S/c19-14-7-5-12(6-8-14)17-11-24-18(23-17)13(9-21)10-22-16-4-2-1-3-15(16)20/h1-8,10-11,22H. The van der Waals surface area contributed by atoms with Crippen molar-refractivity contribution in [1.29, 1.82) is 5.26 Å². The van der Waals surface area contributed by atoms with Crippen molar-refractivity contribution in [2.75, 3.05) is 5.32 Å². The van der Waals surface area contributed by atoms with Crippen LogP contribution in [0.2, 0.25) is 5.02 Å². The molecule has 0 unspecified atom stereocenters. The van der Waals surface area contributed by atoms with E-state index in [4.69, 9.17) is 11.6 Å². The monoisotopic (exact) mass is 415 g/mol. The second-order valence-corrected chi connectivity index (χ2v) is 7.02. The van der Waals surface area contributed by atoms with Gasteiger partial charge in [0.1, 0.15) is 16.6 Å². The van der Waals surface area contributed by atoms with Crippen molar-refractivity contribution in [3.05, 3.63) is 74.6 Å². The van der Waals surface area contributed by atoms with Gasteiger partial charge in [0.15, 0.2) is 0 Å². The third-order valence-corrected chi connectivity index (χ3v) is 4.97. The third-order valence-electron chi connectivity index (χ3n) is 3.24. The number of para-hydroxylation sites is 1. The molecule has 0 spiro atoms. The Morgan fingerprint density at radius 3 is 2.67 bits per heavy atom. The van der Waals surface area contributed by atoms with Gasteiger partial charge in [-0.25, -0.2) is 4.98 Å². The number of nitriles is 1. The third kappa shape index (κ3) is 3.85. The Labute approximate surface area is 157 Å². The zero-order chi connectivity index (χ0) is 16.9. The first-order valence-corrected chi connectivity index (χ1v) is 9.05. The number of hydrogen-bond donors (Lipinski definition) is 1. The molecule has 0 radical (unpaired) electrons. The molecule has 3 rings (SSSR count). The maximum absolute atomic E-state index is 9.41. The number of aromatic nitrogens is 1. The molecule has 2 aromatic carbocycles. The van der Waals surface area contributed by atoms with Gasteiger partial charge < -0.3 is 5.32 Å². The van der Waals surface area contributed by atoms with Gasteiger partial charge in [-0.1, -0.05) is 51.8 Å². The predicted octanol–water partition coefficient (Wildman–Crippen LogP) is 6.20. The number of rotatable bonds is 4. The number of nitrogens with one attached hydrogen (secondary N) is 1. The SMILES string of the molecule is N#CC(=CNc1ccccc1Cl)c1nc(-c2ccc(Br)cc2)cs1. The lowest BCUT2D eigenvalue weighted by atomic mass is 10.2. The van der Waals surface area contributed by atoms with Crippen LogP contribution in [0.25, 0.3) is 16.8 Å². The molecule has 0 saturated heterocycles. The molecule has 0 fully saturated rings. The van der Waals surface area contributed by atoms with E-state index in [1.807, 2.05) is 47.8 Å². The molecule has 0 aliphatic rings. The average molecular weight is 417 g/mol. The summed E-state index contributed by atoms with van der Waals surface area (Å²) < 4.78 is 1.02. The Morgan fingerprint density at radius 2 is 1.96 bits per heavy atom. The lowest BCUT2D eigenvalue weighted by Crippen LogP contribution is -1.91. The van der Waals surface area contributed by atoms with Crippen LogP contribution in [0, 0.1) is 11.3 Å². The molecule has 3 nitrogen and oxygen atoms in total. The summed E-state index contributed by atoms with van der Waals surface area (Å²) in [6, 6.07) is 17.5. The lowest BCUT2D eigenvalue weighted by molar-refractivity contribution is 1.36. The Morgan fingerprint density at radius 1 is 1.21 bits per heavy atom. The van der Waals surface area contributed by atoms with Gasteiger partial charge in [0, 0.05) is 21.6 Å². The highest BCUT2D eigenvalue weighted by molar-refractivity contribution is 9.10. The Bertz CT molecular complexity index is 926. The molecule has 0 amide bonds. The maximum Gasteiger partial charge on any atom is 0.136 e. The smallest absolute Gasteiger partial charge is 0.136 e. The molecule has 1 aromatic heterocycles. The molecule has 1 N–H and O–H groups in total. The van der Waals surface area contributed by atoms with E-state index in [1.54, 1.807) is 12.3 Å². The molecule has 0 aliphatic heterocycles. The molecule has 6 heteroatoms. The molecule has 0 aliphatic carbocycles. The van der Waals surface area contributed by atoms with Gasteiger partial charge in [-0.3, -0.25) is 0 Å². The van der Waals surface area contributed by atoms with Gasteiger partial charge in [0.05, 0.1) is 16.4 Å². The van der Waals surface area contributed by atoms with E-state index in [1.165, 1.54) is 11.3 Å². The van der Waals surface area contributed by atoms with Crippen molar-refractivity contribution in [2.24, 2.45) is 0 Å². The molecular formula is C18H11BrClN3S. The van der Waals surface area contributed by atoms with Crippen LogP contribution in [0.15, 0.2) is 64.6 Å². The van der Waals surface area contributed by atoms with Gasteiger partial charge in [0.25, 0.3) is 0 Å². The second-order valence-electron chi connectivity index (χ2n) is 4.84. The van der Waals surface area contributed by atoms with E-state index in [9.17, 15) is 5.26 Å². The van der Waals surface area contributed by atoms with E-state index < -0.39 is 0 Å². The van der Waals surface area contributed by atoms with E-state index in [-0.39, 0.29) is 0 Å². The second kappa shape index (κ2) is 7.63. The van der Waals surface area contributed by atoms with Crippen LogP contribution in [0.3, 0.4) is 0 Å². The molecule has 0 bridgehead atoms. The summed E-state index contributed by atoms with van der Waals surface area (Å²) in [7, 11) is 0. The summed E-state index contributed by atoms with van der Waals surface area (Å²) in [4.78, 5) is 4.56. The largest absolute Gasteiger partial charge is 0.359 e. The van der Waals surface area contributed by atoms with Gasteiger partial charge in [0.2, 0.25) is 0 Å². The quantitative estimate of drug-likeness (QED) is 0.515. The lowest BCUT2D eigenvalue weighted by Gasteiger charge is -2.03. The van der Waals surface area contributed by atoms with Crippen LogP contribution in [0.4, 0.5) is 5.69 Å². The molecule has 3 aromatic rings. The van der Waals surface area contributed by atoms with Crippen LogP contribution in [-0.2, 0) is 0 Å². The zero-order valence-corrected chi connectivity index (χ0v) is 15.5. The molecular weight excluding hydrogens is 406 g/mol. The number of benzene rings is 2. The van der Waals surface area contributed by atoms with Crippen molar-refractivity contribution in [3.63, 3.8) is 0 Å². The summed E-state index contributed by atoms with van der Waals surface area (Å²) in [6.45, 7) is 0. The van der Waals surface area contributed by atoms with E-state index >= 15 is 0 Å². The number of hydrogen-bond acceptors (Lipinski definition) is 4. The summed E-state index contributed by atoms with van der Waals surface area (Å²) in [6.07, 6.45) is 1.63. The van der Waals surface area contributed by atoms with Crippen LogP contribution in [0.5, 0.6) is 0 Å². The molecule has 118 valence electrons. The summed E-state index contributed by atoms with van der Waals surface area (Å²) in [5.74, 6) is 0. The molecule has 0 atom stereocenters. The van der Waals surface area contributed by atoms with Crippen molar-refractivity contribution in [1.82, 2.24) is 4.98 Å². The van der Waals surface area contributed by atoms with E-state index in [0.29, 0.717) is 15.6 Å². The summed E-state index contributed by atoms with van der Waals surface area (Å²) in [5.41, 5.74) is 3.07. The highest BCUT2D eigenvalue weighted by Crippen LogP contribution is 2.27. The molecule has 1 heterocycles. The zero-order valence-electron chi connectivity index (χ0n) is 12.3. The fraction of sp³-hybridized carbons (Fsp3) is 0. The van der Waals surface area contributed by atoms with Crippen LogP contribution in [-0.4, -0.2) is 4.98 Å². The van der Waals surface area contributed by atoms with Gasteiger partial charge in [-0.05, 0) is 24.3 Å². The summed E-state index contributed by atoms with van der Waals surface area (Å²) >= 11 is 11.0. The van der Waals surface area contributed by atoms with E-state index in [0.717, 1.165) is 21.4 Å². The number of thiazole rings is 1. The minimum Gasteiger partial charge on any atom is -0.359 e. The molecule has 24 heavy (non-hydrogen) atoms. The Kier molecular flexibility index (Phi) is 5.31. The van der Waals surface area contributed by atoms with Crippen LogP contribution >= 0.6 is 38.9 Å². The highest BCUT2D eigenvalue weighted by atomic mass is 79.9. The number of anilines is 1. The number of allylic oxidation sites excluding steroid dienone is 1. The fourth-order valence-corrected chi connectivity index (χ4v) is 3.27. The van der Waals surface area contributed by atoms with Gasteiger partial charge in [-0.15, -0.1) is 11.3 Å². The maximum atomic E-state index is 9.41. The first-order chi connectivity index (χ1) is 11.7. The first kappa shape index (κ1) is 16.7. The number of nitrogens with zero attached hydrogens (tertiary/aromatic N) is 2. The fourth-order valence-electron chi connectivity index (χ4n) is 2.02. The van der Waals surface area contributed by atoms with Crippen LogP contribution in [0.1, 0.15) is 5.01 Å². The highest BCUT2D eigenvalue weighted by Gasteiger charge is 2.09. The Hall–Kier alpha value is -2.13. The van der Waals surface area contributed by atoms with E-state index in [2.05, 4.69) is 32.3 Å². The van der Waals surface area contributed by atoms with Crippen molar-refractivity contribution in [3.8, 4) is 17.3 Å². The predicted molar refractivity (Wildman–Crippen MR) is 104 cm³/mol. The molecule has 0 saturated carbocycles. The van der Waals surface area contributed by atoms with Gasteiger partial charge in [-0.2, -0.15) is 5.26 Å². The Balaban J connectivity index is 1.84. The first-order valence-electron chi connectivity index (χ1n) is 7.00. The van der Waals surface area contributed by atoms with Gasteiger partial charge >= 0.3 is 0 Å². The minimum atomic E-state index is 0.461. The minimum absolute atomic E-state index is 0.461. The summed E-state index contributed by atoms with van der Waals surface area (Å²) in [5, 5.41) is 15.7. The normalized spacial score (nSPS) is 11.1. The van der Waals surface area contributed by atoms with Crippen molar-refractivity contribution < 1.29 is 0 Å². The van der Waals surface area contributed by atoms with Crippen LogP contribution < -0.4 is 5.32 Å². The number of halogens is 2. The van der Waals surface area contributed by atoms with Crippen molar-refractivity contribution >= 4 is 50.1 Å². The van der Waals surface area contributed by atoms with Crippen molar-refractivity contribution in [2.45, 2.75) is 0 Å². The average Bonchev–Trinajstić information content (AvgIpc) is 3.07. The topological polar surface area (TPSA) is 48.7 Å².